The molecule has 0 aliphatic carbocycles. The van der Waals surface area contributed by atoms with Crippen LogP contribution < -0.4 is 9.47 Å². The number of fused-ring (bicyclic) bond motifs is 1. The van der Waals surface area contributed by atoms with E-state index in [1.54, 1.807) is 36.4 Å². The number of carbonyl (C=O) groups excluding carboxylic acids is 1. The van der Waals surface area contributed by atoms with E-state index in [4.69, 9.17) is 9.47 Å². The minimum absolute atomic E-state index is 0.165. The van der Waals surface area contributed by atoms with Crippen LogP contribution in [0.15, 0.2) is 48.5 Å². The summed E-state index contributed by atoms with van der Waals surface area (Å²) in [5.74, 6) is 0.601. The van der Waals surface area contributed by atoms with E-state index >= 15 is 0 Å². The normalized spacial score (nSPS) is 12.8. The Morgan fingerprint density at radius 3 is 2.75 bits per heavy atom. The molecule has 2 aromatic rings. The first-order valence-corrected chi connectivity index (χ1v) is 6.10. The zero-order chi connectivity index (χ0) is 13.9. The number of halogens is 1. The monoisotopic (exact) mass is 270 g/mol. The Kier molecular flexibility index (Phi) is 3.21. The molecule has 0 spiro atoms. The topological polar surface area (TPSA) is 35.5 Å². The lowest BCUT2D eigenvalue weighted by Crippen LogP contribution is -1.94. The number of hydrogen-bond donors (Lipinski definition) is 0. The van der Waals surface area contributed by atoms with Crippen LogP contribution in [-0.2, 0) is 0 Å². The van der Waals surface area contributed by atoms with Crippen molar-refractivity contribution in [2.24, 2.45) is 0 Å². The van der Waals surface area contributed by atoms with Crippen LogP contribution in [0.4, 0.5) is 4.39 Å². The number of benzene rings is 2. The summed E-state index contributed by atoms with van der Waals surface area (Å²) in [4.78, 5) is 12.0. The summed E-state index contributed by atoms with van der Waals surface area (Å²) in [5, 5.41) is 0. The SMILES string of the molecule is O=C(/C=C/c1ccccc1F)c1ccc2c(c1)OCO2. The molecule has 3 nitrogen and oxygen atoms in total. The lowest BCUT2D eigenvalue weighted by molar-refractivity contribution is 0.104. The average molecular weight is 270 g/mol. The fourth-order valence-electron chi connectivity index (χ4n) is 1.92. The molecule has 0 saturated heterocycles. The molecule has 1 aliphatic rings. The molecule has 3 rings (SSSR count). The summed E-state index contributed by atoms with van der Waals surface area (Å²) in [5.41, 5.74) is 0.850. The van der Waals surface area contributed by atoms with Crippen molar-refractivity contribution in [3.8, 4) is 11.5 Å². The third kappa shape index (κ3) is 2.40. The first-order chi connectivity index (χ1) is 9.74. The smallest absolute Gasteiger partial charge is 0.231 e. The first kappa shape index (κ1) is 12.4. The van der Waals surface area contributed by atoms with Crippen LogP contribution in [0.5, 0.6) is 11.5 Å². The number of carbonyl (C=O) groups is 1. The second-order valence-corrected chi connectivity index (χ2v) is 4.29. The van der Waals surface area contributed by atoms with Gasteiger partial charge in [0.1, 0.15) is 5.82 Å². The Labute approximate surface area is 115 Å². The third-order valence-electron chi connectivity index (χ3n) is 2.98. The maximum Gasteiger partial charge on any atom is 0.231 e. The van der Waals surface area contributed by atoms with Gasteiger partial charge >= 0.3 is 0 Å². The molecule has 0 radical (unpaired) electrons. The van der Waals surface area contributed by atoms with Crippen LogP contribution in [0, 0.1) is 5.82 Å². The van der Waals surface area contributed by atoms with Gasteiger partial charge in [-0.05, 0) is 36.4 Å². The second-order valence-electron chi connectivity index (χ2n) is 4.29. The van der Waals surface area contributed by atoms with E-state index in [0.29, 0.717) is 22.6 Å². The van der Waals surface area contributed by atoms with Crippen molar-refractivity contribution in [3.05, 3.63) is 65.5 Å². The van der Waals surface area contributed by atoms with Gasteiger partial charge in [-0.1, -0.05) is 18.2 Å². The summed E-state index contributed by atoms with van der Waals surface area (Å²) in [6, 6.07) is 11.2. The minimum Gasteiger partial charge on any atom is -0.454 e. The first-order valence-electron chi connectivity index (χ1n) is 6.10. The van der Waals surface area contributed by atoms with Gasteiger partial charge in [-0.2, -0.15) is 0 Å². The van der Waals surface area contributed by atoms with Crippen LogP contribution >= 0.6 is 0 Å². The molecular formula is C16H11FO3. The molecule has 0 N–H and O–H groups in total. The summed E-state index contributed by atoms with van der Waals surface area (Å²) < 4.78 is 23.8. The highest BCUT2D eigenvalue weighted by molar-refractivity contribution is 6.07. The van der Waals surface area contributed by atoms with Crippen molar-refractivity contribution in [2.75, 3.05) is 6.79 Å². The van der Waals surface area contributed by atoms with Crippen LogP contribution in [0.3, 0.4) is 0 Å². The Morgan fingerprint density at radius 2 is 1.90 bits per heavy atom. The zero-order valence-corrected chi connectivity index (χ0v) is 10.5. The van der Waals surface area contributed by atoms with Crippen molar-refractivity contribution in [1.29, 1.82) is 0 Å². The lowest BCUT2D eigenvalue weighted by atomic mass is 10.1. The Hall–Kier alpha value is -2.62. The number of hydrogen-bond acceptors (Lipinski definition) is 3. The summed E-state index contributed by atoms with van der Waals surface area (Å²) in [6.07, 6.45) is 2.80. The van der Waals surface area contributed by atoms with Gasteiger partial charge in [0.05, 0.1) is 0 Å². The maximum absolute atomic E-state index is 13.4. The molecule has 0 aromatic heterocycles. The molecular weight excluding hydrogens is 259 g/mol. The molecule has 0 atom stereocenters. The van der Waals surface area contributed by atoms with Crippen molar-refractivity contribution in [1.82, 2.24) is 0 Å². The van der Waals surface area contributed by atoms with Gasteiger partial charge < -0.3 is 9.47 Å². The second kappa shape index (κ2) is 5.17. The molecule has 4 heteroatoms. The van der Waals surface area contributed by atoms with Gasteiger partial charge in [0.15, 0.2) is 17.3 Å². The standard InChI is InChI=1S/C16H11FO3/c17-13-4-2-1-3-11(13)5-7-14(18)12-6-8-15-16(9-12)20-10-19-15/h1-9H,10H2/b7-5+. The number of allylic oxidation sites excluding steroid dienone is 1. The van der Waals surface area contributed by atoms with E-state index < -0.39 is 0 Å². The molecule has 0 saturated carbocycles. The fraction of sp³-hybridized carbons (Fsp3) is 0.0625. The third-order valence-corrected chi connectivity index (χ3v) is 2.98. The van der Waals surface area contributed by atoms with Gasteiger partial charge in [0, 0.05) is 11.1 Å². The zero-order valence-electron chi connectivity index (χ0n) is 10.5. The Bertz CT molecular complexity index is 692. The molecule has 2 aromatic carbocycles. The number of ketones is 1. The lowest BCUT2D eigenvalue weighted by Gasteiger charge is -1.99. The Balaban J connectivity index is 1.81. The average Bonchev–Trinajstić information content (AvgIpc) is 2.93. The van der Waals surface area contributed by atoms with E-state index in [2.05, 4.69) is 0 Å². The summed E-state index contributed by atoms with van der Waals surface area (Å²) >= 11 is 0. The van der Waals surface area contributed by atoms with E-state index in [1.807, 2.05) is 0 Å². The number of ether oxygens (including phenoxy) is 2. The van der Waals surface area contributed by atoms with E-state index in [9.17, 15) is 9.18 Å². The highest BCUT2D eigenvalue weighted by atomic mass is 19.1. The predicted octanol–water partition coefficient (Wildman–Crippen LogP) is 3.45. The van der Waals surface area contributed by atoms with E-state index in [0.717, 1.165) is 0 Å². The largest absolute Gasteiger partial charge is 0.454 e. The van der Waals surface area contributed by atoms with Gasteiger partial charge in [0.2, 0.25) is 6.79 Å². The van der Waals surface area contributed by atoms with Crippen molar-refractivity contribution >= 4 is 11.9 Å². The van der Waals surface area contributed by atoms with Gasteiger partial charge in [-0.3, -0.25) is 4.79 Å². The van der Waals surface area contributed by atoms with E-state index in [-0.39, 0.29) is 18.4 Å². The predicted molar refractivity (Wildman–Crippen MR) is 72.3 cm³/mol. The van der Waals surface area contributed by atoms with Crippen LogP contribution in [0.25, 0.3) is 6.08 Å². The molecule has 1 aliphatic heterocycles. The van der Waals surface area contributed by atoms with Crippen LogP contribution in [0.1, 0.15) is 15.9 Å². The minimum atomic E-state index is -0.359. The van der Waals surface area contributed by atoms with Crippen molar-refractivity contribution in [3.63, 3.8) is 0 Å². The van der Waals surface area contributed by atoms with Gasteiger partial charge in [-0.15, -0.1) is 0 Å². The summed E-state index contributed by atoms with van der Waals surface area (Å²) in [7, 11) is 0. The number of rotatable bonds is 3. The highest BCUT2D eigenvalue weighted by Crippen LogP contribution is 2.32. The van der Waals surface area contributed by atoms with Crippen LogP contribution in [-0.4, -0.2) is 12.6 Å². The Morgan fingerprint density at radius 1 is 1.10 bits per heavy atom. The van der Waals surface area contributed by atoms with Gasteiger partial charge in [0.25, 0.3) is 0 Å². The molecule has 0 bridgehead atoms. The quantitative estimate of drug-likeness (QED) is 0.633. The molecule has 0 fully saturated rings. The molecule has 20 heavy (non-hydrogen) atoms. The van der Waals surface area contributed by atoms with Gasteiger partial charge in [-0.25, -0.2) is 4.39 Å². The van der Waals surface area contributed by atoms with Crippen molar-refractivity contribution in [2.45, 2.75) is 0 Å². The molecule has 1 heterocycles. The highest BCUT2D eigenvalue weighted by Gasteiger charge is 2.15. The fourth-order valence-corrected chi connectivity index (χ4v) is 1.92. The molecule has 0 unspecified atom stereocenters. The summed E-state index contributed by atoms with van der Waals surface area (Å²) in [6.45, 7) is 0.165. The molecule has 0 amide bonds. The van der Waals surface area contributed by atoms with Crippen molar-refractivity contribution < 1.29 is 18.7 Å². The maximum atomic E-state index is 13.4. The molecule has 100 valence electrons. The van der Waals surface area contributed by atoms with E-state index in [1.165, 1.54) is 18.2 Å². The van der Waals surface area contributed by atoms with Crippen LogP contribution in [0.2, 0.25) is 0 Å².